The number of pyridine rings is 2. The van der Waals surface area contributed by atoms with E-state index in [1.165, 1.54) is 38.5 Å². The molecule has 0 spiro atoms. The fraction of sp³-hybridized carbons (Fsp3) is 0.308. The van der Waals surface area contributed by atoms with Crippen LogP contribution < -0.4 is 16.4 Å². The molecule has 1 N–H and O–H groups in total. The summed E-state index contributed by atoms with van der Waals surface area (Å²) < 4.78 is 75.2. The minimum Gasteiger partial charge on any atom is -0.361 e. The Balaban J connectivity index is 1.58. The third-order valence-electron chi connectivity index (χ3n) is 6.96. The molecule has 1 aliphatic rings. The van der Waals surface area contributed by atoms with E-state index in [4.69, 9.17) is 0 Å². The van der Waals surface area contributed by atoms with Gasteiger partial charge in [-0.15, -0.1) is 0 Å². The number of anilines is 1. The minimum absolute atomic E-state index is 0.000821. The summed E-state index contributed by atoms with van der Waals surface area (Å²) in [6.45, 7) is 1.50. The van der Waals surface area contributed by atoms with Gasteiger partial charge >= 0.3 is 5.92 Å². The molecule has 0 amide bonds. The van der Waals surface area contributed by atoms with Gasteiger partial charge < -0.3 is 9.88 Å². The molecule has 0 saturated heterocycles. The maximum absolute atomic E-state index is 15.5. The maximum Gasteiger partial charge on any atom is 0.301 e. The zero-order chi connectivity index (χ0) is 27.4. The van der Waals surface area contributed by atoms with Crippen LogP contribution in [-0.2, 0) is 18.5 Å². The van der Waals surface area contributed by atoms with Crippen molar-refractivity contribution < 1.29 is 22.0 Å². The predicted molar refractivity (Wildman–Crippen MR) is 130 cm³/mol. The molecule has 38 heavy (non-hydrogen) atoms. The second-order valence-electron chi connectivity index (χ2n) is 9.38. The first-order valence-electron chi connectivity index (χ1n) is 11.7. The zero-order valence-electron chi connectivity index (χ0n) is 20.3. The predicted octanol–water partition coefficient (Wildman–Crippen LogP) is 4.70. The molecular formula is C26H22F5N5O2. The highest BCUT2D eigenvalue weighted by molar-refractivity contribution is 5.90. The van der Waals surface area contributed by atoms with Crippen molar-refractivity contribution in [1.29, 1.82) is 0 Å². The van der Waals surface area contributed by atoms with Gasteiger partial charge in [-0.3, -0.25) is 14.6 Å². The Kier molecular flexibility index (Phi) is 6.07. The average molecular weight is 531 g/mol. The Morgan fingerprint density at radius 1 is 1.08 bits per heavy atom. The lowest BCUT2D eigenvalue weighted by atomic mass is 9.96. The largest absolute Gasteiger partial charge is 0.361 e. The summed E-state index contributed by atoms with van der Waals surface area (Å²) in [6.07, 6.45) is 0.918. The van der Waals surface area contributed by atoms with Gasteiger partial charge in [0.25, 0.3) is 17.5 Å². The van der Waals surface area contributed by atoms with Crippen molar-refractivity contribution in [3.8, 4) is 0 Å². The van der Waals surface area contributed by atoms with Gasteiger partial charge in [-0.05, 0) is 38.0 Å². The van der Waals surface area contributed by atoms with Gasteiger partial charge in [-0.2, -0.15) is 13.9 Å². The highest BCUT2D eigenvalue weighted by atomic mass is 19.3. The highest BCUT2D eigenvalue weighted by Gasteiger charge is 2.53. The van der Waals surface area contributed by atoms with Crippen molar-refractivity contribution in [2.24, 2.45) is 7.05 Å². The van der Waals surface area contributed by atoms with Crippen LogP contribution in [0.5, 0.6) is 0 Å². The number of aryl methyl sites for hydroxylation is 1. The molecule has 1 aromatic carbocycles. The van der Waals surface area contributed by atoms with E-state index in [-0.39, 0.29) is 35.0 Å². The monoisotopic (exact) mass is 531 g/mol. The number of aromatic nitrogens is 4. The molecule has 3 aromatic heterocycles. The lowest BCUT2D eigenvalue weighted by Gasteiger charge is -2.23. The van der Waals surface area contributed by atoms with E-state index < -0.39 is 52.0 Å². The van der Waals surface area contributed by atoms with Crippen LogP contribution in [0.3, 0.4) is 0 Å². The first-order valence-corrected chi connectivity index (χ1v) is 11.7. The van der Waals surface area contributed by atoms with Crippen molar-refractivity contribution in [3.63, 3.8) is 0 Å². The van der Waals surface area contributed by atoms with Crippen LogP contribution in [0, 0.1) is 5.82 Å². The van der Waals surface area contributed by atoms with Crippen molar-refractivity contribution in [2.75, 3.05) is 5.32 Å². The number of fused-ring (bicyclic) bond motifs is 1. The molecule has 1 atom stereocenters. The molecule has 5 rings (SSSR count). The molecule has 7 nitrogen and oxygen atoms in total. The summed E-state index contributed by atoms with van der Waals surface area (Å²) in [5, 5.41) is 7.06. The molecule has 0 radical (unpaired) electrons. The number of hydrogen-bond acceptors (Lipinski definition) is 5. The smallest absolute Gasteiger partial charge is 0.301 e. The van der Waals surface area contributed by atoms with Gasteiger partial charge in [0.05, 0.1) is 17.0 Å². The van der Waals surface area contributed by atoms with Crippen LogP contribution in [-0.4, -0.2) is 25.8 Å². The van der Waals surface area contributed by atoms with Crippen LogP contribution in [0.4, 0.5) is 27.8 Å². The molecule has 198 valence electrons. The SMILES string of the molecule is C[C@H](Nc1nn(C)c(=O)c2cc(=O)n(C3(C(F)F)CC3)cc12)c1cccc(C(F)(F)c2ccncc2)c1F. The van der Waals surface area contributed by atoms with Gasteiger partial charge in [0.1, 0.15) is 11.4 Å². The number of nitrogens with one attached hydrogen (secondary N) is 1. The van der Waals surface area contributed by atoms with E-state index in [0.717, 1.165) is 39.7 Å². The van der Waals surface area contributed by atoms with Gasteiger partial charge in [0.15, 0.2) is 5.82 Å². The molecule has 0 aliphatic heterocycles. The summed E-state index contributed by atoms with van der Waals surface area (Å²) in [5.74, 6) is -4.79. The van der Waals surface area contributed by atoms with Crippen LogP contribution in [0.25, 0.3) is 10.8 Å². The normalized spacial score (nSPS) is 15.6. The topological polar surface area (TPSA) is 81.8 Å². The molecule has 12 heteroatoms. The van der Waals surface area contributed by atoms with E-state index in [1.54, 1.807) is 0 Å². The van der Waals surface area contributed by atoms with E-state index in [2.05, 4.69) is 15.4 Å². The quantitative estimate of drug-likeness (QED) is 0.350. The van der Waals surface area contributed by atoms with Crippen LogP contribution in [0.2, 0.25) is 0 Å². The van der Waals surface area contributed by atoms with Gasteiger partial charge in [-0.25, -0.2) is 17.9 Å². The second-order valence-corrected chi connectivity index (χ2v) is 9.38. The van der Waals surface area contributed by atoms with Crippen molar-refractivity contribution in [2.45, 2.75) is 43.7 Å². The standard InChI is InChI=1S/C26H22F5N5O2/c1-14(16-4-3-5-19(21(16)27)26(30,31)15-6-10-32-11-7-15)33-22-18-13-36(25(8-9-25)24(28)29)20(37)12-17(18)23(38)35(2)34-22/h3-7,10-14,24H,8-9H2,1-2H3,(H,33,34)/t14-/m0/s1. The molecule has 0 unspecified atom stereocenters. The maximum atomic E-state index is 15.5. The molecular weight excluding hydrogens is 509 g/mol. The third kappa shape index (κ3) is 4.04. The Hall–Kier alpha value is -4.09. The average Bonchev–Trinajstić information content (AvgIpc) is 3.69. The number of nitrogens with zero attached hydrogens (tertiary/aromatic N) is 4. The molecule has 1 aliphatic carbocycles. The van der Waals surface area contributed by atoms with Crippen LogP contribution in [0.15, 0.2) is 64.6 Å². The van der Waals surface area contributed by atoms with Crippen LogP contribution in [0.1, 0.15) is 42.5 Å². The molecule has 4 aromatic rings. The van der Waals surface area contributed by atoms with Crippen LogP contribution >= 0.6 is 0 Å². The zero-order valence-corrected chi connectivity index (χ0v) is 20.3. The van der Waals surface area contributed by atoms with Crippen molar-refractivity contribution >= 4 is 16.6 Å². The summed E-state index contributed by atoms with van der Waals surface area (Å²) in [5.41, 5.74) is -4.42. The summed E-state index contributed by atoms with van der Waals surface area (Å²) in [7, 11) is 1.33. The number of hydrogen-bond donors (Lipinski definition) is 1. The van der Waals surface area contributed by atoms with Gasteiger partial charge in [-0.1, -0.05) is 12.1 Å². The fourth-order valence-corrected chi connectivity index (χ4v) is 4.60. The Labute approximate surface area is 212 Å². The highest BCUT2D eigenvalue weighted by Crippen LogP contribution is 2.48. The molecule has 1 fully saturated rings. The fourth-order valence-electron chi connectivity index (χ4n) is 4.60. The number of halogens is 5. The Morgan fingerprint density at radius 3 is 2.39 bits per heavy atom. The Bertz CT molecular complexity index is 1650. The number of rotatable bonds is 7. The Morgan fingerprint density at radius 2 is 1.76 bits per heavy atom. The molecule has 3 heterocycles. The first kappa shape index (κ1) is 25.6. The van der Waals surface area contributed by atoms with E-state index in [1.807, 2.05) is 0 Å². The summed E-state index contributed by atoms with van der Waals surface area (Å²) in [4.78, 5) is 29.0. The van der Waals surface area contributed by atoms with Crippen molar-refractivity contribution in [1.82, 2.24) is 19.3 Å². The van der Waals surface area contributed by atoms with E-state index >= 15 is 13.2 Å². The van der Waals surface area contributed by atoms with Crippen molar-refractivity contribution in [3.05, 3.63) is 98.2 Å². The second kappa shape index (κ2) is 9.03. The lowest BCUT2D eigenvalue weighted by Crippen LogP contribution is -2.36. The summed E-state index contributed by atoms with van der Waals surface area (Å²) >= 11 is 0. The number of alkyl halides is 4. The lowest BCUT2D eigenvalue weighted by molar-refractivity contribution is 0.0386. The summed E-state index contributed by atoms with van der Waals surface area (Å²) in [6, 6.07) is 5.85. The number of benzene rings is 1. The van der Waals surface area contributed by atoms with Gasteiger partial charge in [0, 0.05) is 48.2 Å². The molecule has 1 saturated carbocycles. The first-order chi connectivity index (χ1) is 18.0. The molecule has 0 bridgehead atoms. The van der Waals surface area contributed by atoms with E-state index in [0.29, 0.717) is 0 Å². The third-order valence-corrected chi connectivity index (χ3v) is 6.96. The minimum atomic E-state index is -3.64. The van der Waals surface area contributed by atoms with E-state index in [9.17, 15) is 18.4 Å². The van der Waals surface area contributed by atoms with Gasteiger partial charge in [0.2, 0.25) is 0 Å².